The Kier molecular flexibility index (Phi) is 4.79. The van der Waals surface area contributed by atoms with Crippen LogP contribution < -0.4 is 0 Å². The van der Waals surface area contributed by atoms with Crippen LogP contribution in [0.5, 0.6) is 0 Å². The fraction of sp³-hybridized carbons (Fsp3) is 0.455. The smallest absolute Gasteiger partial charge is 0.105 e. The minimum absolute atomic E-state index is 0.131. The third kappa shape index (κ3) is 3.24. The first-order valence-corrected chi connectivity index (χ1v) is 5.14. The molecule has 0 aliphatic carbocycles. The van der Waals surface area contributed by atoms with E-state index in [0.717, 1.165) is 12.0 Å². The molecule has 0 fully saturated rings. The number of hydrogen-bond donors (Lipinski definition) is 2. The number of benzene rings is 1. The van der Waals surface area contributed by atoms with Gasteiger partial charge in [0.15, 0.2) is 0 Å². The predicted molar refractivity (Wildman–Crippen MR) is 60.8 cm³/mol. The van der Waals surface area contributed by atoms with Crippen LogP contribution in [0, 0.1) is 0 Å². The summed E-state index contributed by atoms with van der Waals surface area (Å²) >= 11 is 0. The molecule has 0 saturated heterocycles. The number of rotatable bonds is 5. The maximum absolute atomic E-state index is 9.80. The van der Waals surface area contributed by atoms with Crippen molar-refractivity contribution in [1.29, 1.82) is 0 Å². The van der Waals surface area contributed by atoms with Gasteiger partial charge >= 0.3 is 0 Å². The van der Waals surface area contributed by atoms with Crippen LogP contribution in [0.25, 0.3) is 10.4 Å². The zero-order chi connectivity index (χ0) is 12.0. The van der Waals surface area contributed by atoms with Crippen LogP contribution >= 0.6 is 0 Å². The minimum Gasteiger partial charge on any atom is -0.390 e. The summed E-state index contributed by atoms with van der Waals surface area (Å²) in [5, 5.41) is 22.6. The molecule has 1 aromatic carbocycles. The van der Waals surface area contributed by atoms with E-state index in [1.165, 1.54) is 0 Å². The van der Waals surface area contributed by atoms with Crippen molar-refractivity contribution in [3.63, 3.8) is 0 Å². The fourth-order valence-corrected chi connectivity index (χ4v) is 1.44. The summed E-state index contributed by atoms with van der Waals surface area (Å²) in [6.07, 6.45) is -1.22. The normalized spacial score (nSPS) is 13.9. The van der Waals surface area contributed by atoms with Crippen molar-refractivity contribution in [2.24, 2.45) is 5.11 Å². The van der Waals surface area contributed by atoms with Crippen molar-refractivity contribution in [3.05, 3.63) is 45.8 Å². The van der Waals surface area contributed by atoms with E-state index in [2.05, 4.69) is 10.0 Å². The first-order chi connectivity index (χ1) is 7.69. The zero-order valence-corrected chi connectivity index (χ0v) is 9.11. The quantitative estimate of drug-likeness (QED) is 0.452. The molecular formula is C11H15N3O2. The number of azide groups is 1. The molecule has 0 radical (unpaired) electrons. The van der Waals surface area contributed by atoms with E-state index in [1.807, 2.05) is 25.1 Å². The molecule has 0 heterocycles. The van der Waals surface area contributed by atoms with E-state index in [4.69, 9.17) is 5.53 Å². The van der Waals surface area contributed by atoms with Gasteiger partial charge in [0, 0.05) is 4.91 Å². The molecule has 0 amide bonds. The molecule has 0 aliphatic rings. The second-order valence-corrected chi connectivity index (χ2v) is 3.52. The molecule has 1 rings (SSSR count). The summed E-state index contributed by atoms with van der Waals surface area (Å²) in [7, 11) is 0. The monoisotopic (exact) mass is 221 g/mol. The van der Waals surface area contributed by atoms with Gasteiger partial charge in [-0.15, -0.1) is 0 Å². The molecule has 1 aromatic rings. The maximum Gasteiger partial charge on any atom is 0.105 e. The van der Waals surface area contributed by atoms with E-state index in [1.54, 1.807) is 6.07 Å². The van der Waals surface area contributed by atoms with Gasteiger partial charge in [0.05, 0.1) is 12.6 Å². The summed E-state index contributed by atoms with van der Waals surface area (Å²) in [4.78, 5) is 2.54. The van der Waals surface area contributed by atoms with Crippen LogP contribution in [0.3, 0.4) is 0 Å². The van der Waals surface area contributed by atoms with E-state index >= 15 is 0 Å². The van der Waals surface area contributed by atoms with Crippen LogP contribution in [0.1, 0.15) is 24.2 Å². The van der Waals surface area contributed by atoms with E-state index in [9.17, 15) is 10.2 Å². The van der Waals surface area contributed by atoms with Crippen molar-refractivity contribution in [1.82, 2.24) is 0 Å². The highest BCUT2D eigenvalue weighted by molar-refractivity contribution is 5.25. The summed E-state index contributed by atoms with van der Waals surface area (Å²) in [5.41, 5.74) is 9.84. The van der Waals surface area contributed by atoms with Crippen LogP contribution in [-0.4, -0.2) is 22.9 Å². The first-order valence-electron chi connectivity index (χ1n) is 5.14. The van der Waals surface area contributed by atoms with Crippen molar-refractivity contribution in [2.45, 2.75) is 25.6 Å². The molecule has 5 heteroatoms. The molecule has 16 heavy (non-hydrogen) atoms. The zero-order valence-electron chi connectivity index (χ0n) is 9.11. The lowest BCUT2D eigenvalue weighted by Gasteiger charge is -2.16. The Balaban J connectivity index is 2.78. The second kappa shape index (κ2) is 6.12. The highest BCUT2D eigenvalue weighted by Gasteiger charge is 2.17. The Morgan fingerprint density at radius 3 is 2.81 bits per heavy atom. The molecule has 0 aliphatic heterocycles. The Hall–Kier alpha value is -1.55. The topological polar surface area (TPSA) is 89.2 Å². The molecule has 0 aromatic heterocycles. The molecule has 2 unspecified atom stereocenters. The van der Waals surface area contributed by atoms with Crippen LogP contribution in [0.4, 0.5) is 0 Å². The van der Waals surface area contributed by atoms with Crippen molar-refractivity contribution in [2.75, 3.05) is 6.54 Å². The van der Waals surface area contributed by atoms with Gasteiger partial charge in [0.25, 0.3) is 0 Å². The number of aryl methyl sites for hydroxylation is 1. The molecule has 0 saturated carbocycles. The molecule has 0 spiro atoms. The van der Waals surface area contributed by atoms with Gasteiger partial charge < -0.3 is 10.2 Å². The van der Waals surface area contributed by atoms with Crippen molar-refractivity contribution in [3.8, 4) is 0 Å². The fourth-order valence-electron chi connectivity index (χ4n) is 1.44. The maximum atomic E-state index is 9.80. The average Bonchev–Trinajstić information content (AvgIpc) is 2.35. The second-order valence-electron chi connectivity index (χ2n) is 3.52. The van der Waals surface area contributed by atoms with Crippen molar-refractivity contribution < 1.29 is 10.2 Å². The number of aliphatic hydroxyl groups is 2. The highest BCUT2D eigenvalue weighted by Crippen LogP contribution is 2.18. The minimum atomic E-state index is -1.07. The molecule has 86 valence electrons. The van der Waals surface area contributed by atoms with E-state index in [-0.39, 0.29) is 6.54 Å². The van der Waals surface area contributed by atoms with Gasteiger partial charge in [-0.2, -0.15) is 0 Å². The van der Waals surface area contributed by atoms with Crippen molar-refractivity contribution >= 4 is 0 Å². The third-order valence-corrected chi connectivity index (χ3v) is 2.40. The number of aliphatic hydroxyl groups excluding tert-OH is 2. The Bertz CT molecular complexity index is 389. The summed E-state index contributed by atoms with van der Waals surface area (Å²) in [5.74, 6) is 0. The van der Waals surface area contributed by atoms with Gasteiger partial charge in [-0.1, -0.05) is 36.3 Å². The predicted octanol–water partition coefficient (Wildman–Crippen LogP) is 1.95. The molecule has 0 bridgehead atoms. The number of hydrogen-bond acceptors (Lipinski definition) is 3. The largest absolute Gasteiger partial charge is 0.390 e. The lowest BCUT2D eigenvalue weighted by molar-refractivity contribution is 0.0244. The van der Waals surface area contributed by atoms with E-state index in [0.29, 0.717) is 5.56 Å². The molecule has 5 nitrogen and oxygen atoms in total. The first kappa shape index (κ1) is 12.5. The Morgan fingerprint density at radius 1 is 1.44 bits per heavy atom. The van der Waals surface area contributed by atoms with Gasteiger partial charge in [-0.3, -0.25) is 0 Å². The Labute approximate surface area is 94.0 Å². The van der Waals surface area contributed by atoms with Crippen LogP contribution in [-0.2, 0) is 6.42 Å². The third-order valence-electron chi connectivity index (χ3n) is 2.40. The standard InChI is InChI=1S/C11H15N3O2/c1-2-8-4-3-5-9(6-8)11(16)10(15)7-13-14-12/h3-6,10-11,15-16H,2,7H2,1H3. The van der Waals surface area contributed by atoms with Gasteiger partial charge in [0.1, 0.15) is 6.10 Å². The van der Waals surface area contributed by atoms with E-state index < -0.39 is 12.2 Å². The Morgan fingerprint density at radius 2 is 2.19 bits per heavy atom. The average molecular weight is 221 g/mol. The highest BCUT2D eigenvalue weighted by atomic mass is 16.3. The van der Waals surface area contributed by atoms with Crippen LogP contribution in [0.15, 0.2) is 29.4 Å². The molecular weight excluding hydrogens is 206 g/mol. The van der Waals surface area contributed by atoms with Crippen LogP contribution in [0.2, 0.25) is 0 Å². The van der Waals surface area contributed by atoms with Gasteiger partial charge in [-0.05, 0) is 23.1 Å². The summed E-state index contributed by atoms with van der Waals surface area (Å²) < 4.78 is 0. The SMILES string of the molecule is CCc1cccc(C(O)C(O)CN=[N+]=[N-])c1. The number of nitrogens with zero attached hydrogens (tertiary/aromatic N) is 3. The summed E-state index contributed by atoms with van der Waals surface area (Å²) in [6, 6.07) is 7.36. The summed E-state index contributed by atoms with van der Waals surface area (Å²) in [6.45, 7) is 1.88. The lowest BCUT2D eigenvalue weighted by Crippen LogP contribution is -2.21. The molecule has 2 atom stereocenters. The lowest BCUT2D eigenvalue weighted by atomic mass is 10.0. The van der Waals surface area contributed by atoms with Gasteiger partial charge in [-0.25, -0.2) is 0 Å². The molecule has 2 N–H and O–H groups in total. The van der Waals surface area contributed by atoms with Gasteiger partial charge in [0.2, 0.25) is 0 Å².